The monoisotopic (exact) mass is 374 g/mol. The highest BCUT2D eigenvalue weighted by atomic mass is 16.5. The summed E-state index contributed by atoms with van der Waals surface area (Å²) in [6, 6.07) is 23.2. The van der Waals surface area contributed by atoms with Gasteiger partial charge in [-0.15, -0.1) is 0 Å². The standard InChI is InChI=1S/C23H22N2O3/c1-3-28-21-14-12-19(13-15-21)24-22(26)17-8-7-9-18(16-17)23(27)25(2)20-10-5-4-6-11-20/h4-16H,3H2,1-2H3,(H,24,26). The van der Waals surface area contributed by atoms with Crippen LogP contribution in [0.1, 0.15) is 27.6 Å². The predicted octanol–water partition coefficient (Wildman–Crippen LogP) is 4.61. The van der Waals surface area contributed by atoms with Crippen molar-refractivity contribution in [1.29, 1.82) is 0 Å². The van der Waals surface area contributed by atoms with Gasteiger partial charge in [-0.25, -0.2) is 0 Å². The van der Waals surface area contributed by atoms with Crippen LogP contribution in [0.15, 0.2) is 78.9 Å². The first kappa shape index (κ1) is 19.2. The molecule has 0 aromatic heterocycles. The zero-order valence-electron chi connectivity index (χ0n) is 15.9. The van der Waals surface area contributed by atoms with Gasteiger partial charge in [-0.1, -0.05) is 24.3 Å². The molecule has 0 aliphatic heterocycles. The molecule has 3 rings (SSSR count). The fraction of sp³-hybridized carbons (Fsp3) is 0.130. The molecule has 3 aromatic carbocycles. The van der Waals surface area contributed by atoms with Gasteiger partial charge in [-0.2, -0.15) is 0 Å². The molecule has 0 spiro atoms. The van der Waals surface area contributed by atoms with E-state index in [1.54, 1.807) is 60.5 Å². The van der Waals surface area contributed by atoms with Crippen LogP contribution in [0.2, 0.25) is 0 Å². The van der Waals surface area contributed by atoms with E-state index in [4.69, 9.17) is 4.74 Å². The number of hydrogen-bond donors (Lipinski definition) is 1. The largest absolute Gasteiger partial charge is 0.494 e. The zero-order chi connectivity index (χ0) is 19.9. The number of hydrogen-bond acceptors (Lipinski definition) is 3. The first-order chi connectivity index (χ1) is 13.6. The average Bonchev–Trinajstić information content (AvgIpc) is 2.75. The lowest BCUT2D eigenvalue weighted by Crippen LogP contribution is -2.26. The number of nitrogens with zero attached hydrogens (tertiary/aromatic N) is 1. The molecule has 1 N–H and O–H groups in total. The van der Waals surface area contributed by atoms with Crippen molar-refractivity contribution in [3.05, 3.63) is 90.0 Å². The molecule has 0 unspecified atom stereocenters. The first-order valence-corrected chi connectivity index (χ1v) is 9.06. The smallest absolute Gasteiger partial charge is 0.258 e. The van der Waals surface area contributed by atoms with Crippen molar-refractivity contribution in [2.45, 2.75) is 6.92 Å². The predicted molar refractivity (Wildman–Crippen MR) is 111 cm³/mol. The molecule has 0 fully saturated rings. The van der Waals surface area contributed by atoms with Gasteiger partial charge in [-0.3, -0.25) is 9.59 Å². The van der Waals surface area contributed by atoms with Gasteiger partial charge < -0.3 is 15.0 Å². The molecule has 0 radical (unpaired) electrons. The molecule has 0 atom stereocenters. The number of benzene rings is 3. The van der Waals surface area contributed by atoms with Crippen LogP contribution in [0.25, 0.3) is 0 Å². The minimum Gasteiger partial charge on any atom is -0.494 e. The molecule has 0 saturated heterocycles. The first-order valence-electron chi connectivity index (χ1n) is 9.06. The van der Waals surface area contributed by atoms with Gasteiger partial charge in [0.2, 0.25) is 0 Å². The normalized spacial score (nSPS) is 10.2. The van der Waals surface area contributed by atoms with Gasteiger partial charge in [0.05, 0.1) is 6.61 Å². The Morgan fingerprint density at radius 1 is 0.893 bits per heavy atom. The lowest BCUT2D eigenvalue weighted by Gasteiger charge is -2.17. The summed E-state index contributed by atoms with van der Waals surface area (Å²) in [6.07, 6.45) is 0. The lowest BCUT2D eigenvalue weighted by molar-refractivity contribution is 0.0993. The van der Waals surface area contributed by atoms with E-state index in [9.17, 15) is 9.59 Å². The van der Waals surface area contributed by atoms with Gasteiger partial charge in [0, 0.05) is 29.5 Å². The van der Waals surface area contributed by atoms with Crippen LogP contribution in [-0.4, -0.2) is 25.5 Å². The van der Waals surface area contributed by atoms with E-state index < -0.39 is 0 Å². The summed E-state index contributed by atoms with van der Waals surface area (Å²) >= 11 is 0. The quantitative estimate of drug-likeness (QED) is 0.685. The van der Waals surface area contributed by atoms with Crippen molar-refractivity contribution in [3.63, 3.8) is 0 Å². The van der Waals surface area contributed by atoms with E-state index in [2.05, 4.69) is 5.32 Å². The van der Waals surface area contributed by atoms with Gasteiger partial charge >= 0.3 is 0 Å². The van der Waals surface area contributed by atoms with E-state index in [1.807, 2.05) is 37.3 Å². The molecule has 142 valence electrons. The van der Waals surface area contributed by atoms with Gasteiger partial charge in [0.25, 0.3) is 11.8 Å². The summed E-state index contributed by atoms with van der Waals surface area (Å²) in [5.41, 5.74) is 2.32. The number of carbonyl (C=O) groups excluding carboxylic acids is 2. The molecule has 0 aliphatic carbocycles. The molecule has 0 heterocycles. The number of para-hydroxylation sites is 1. The Hall–Kier alpha value is -3.60. The Morgan fingerprint density at radius 2 is 1.57 bits per heavy atom. The van der Waals surface area contributed by atoms with Crippen LogP contribution in [0.4, 0.5) is 11.4 Å². The second-order valence-electron chi connectivity index (χ2n) is 6.19. The number of nitrogens with one attached hydrogen (secondary N) is 1. The van der Waals surface area contributed by atoms with Crippen LogP contribution in [0.5, 0.6) is 5.75 Å². The third-order valence-corrected chi connectivity index (χ3v) is 4.24. The number of amides is 2. The summed E-state index contributed by atoms with van der Waals surface area (Å²) < 4.78 is 5.40. The fourth-order valence-corrected chi connectivity index (χ4v) is 2.76. The summed E-state index contributed by atoms with van der Waals surface area (Å²) in [6.45, 7) is 2.50. The van der Waals surface area contributed by atoms with Crippen LogP contribution >= 0.6 is 0 Å². The maximum atomic E-state index is 12.8. The third kappa shape index (κ3) is 4.57. The number of rotatable bonds is 6. The minimum atomic E-state index is -0.277. The van der Waals surface area contributed by atoms with Crippen LogP contribution in [0, 0.1) is 0 Å². The number of anilines is 2. The third-order valence-electron chi connectivity index (χ3n) is 4.24. The Balaban J connectivity index is 1.73. The Bertz CT molecular complexity index is 953. The van der Waals surface area contributed by atoms with Gasteiger partial charge in [0.1, 0.15) is 5.75 Å². The van der Waals surface area contributed by atoms with E-state index in [1.165, 1.54) is 0 Å². The SMILES string of the molecule is CCOc1ccc(NC(=O)c2cccc(C(=O)N(C)c3ccccc3)c2)cc1. The maximum absolute atomic E-state index is 12.8. The average molecular weight is 374 g/mol. The van der Waals surface area contributed by atoms with E-state index in [-0.39, 0.29) is 11.8 Å². The van der Waals surface area contributed by atoms with E-state index in [0.717, 1.165) is 11.4 Å². The van der Waals surface area contributed by atoms with Gasteiger partial charge in [-0.05, 0) is 61.5 Å². The van der Waals surface area contributed by atoms with Crippen molar-refractivity contribution in [2.24, 2.45) is 0 Å². The molecule has 28 heavy (non-hydrogen) atoms. The van der Waals surface area contributed by atoms with Crippen molar-refractivity contribution in [1.82, 2.24) is 0 Å². The summed E-state index contributed by atoms with van der Waals surface area (Å²) in [5.74, 6) is 0.292. The second kappa shape index (κ2) is 8.86. The van der Waals surface area contributed by atoms with Crippen molar-refractivity contribution >= 4 is 23.2 Å². The van der Waals surface area contributed by atoms with E-state index >= 15 is 0 Å². The minimum absolute atomic E-state index is 0.179. The molecule has 5 nitrogen and oxygen atoms in total. The molecular weight excluding hydrogens is 352 g/mol. The topological polar surface area (TPSA) is 58.6 Å². The molecule has 2 amide bonds. The molecule has 3 aromatic rings. The van der Waals surface area contributed by atoms with Crippen molar-refractivity contribution in [2.75, 3.05) is 23.9 Å². The molecular formula is C23H22N2O3. The Morgan fingerprint density at radius 3 is 2.25 bits per heavy atom. The highest BCUT2D eigenvalue weighted by molar-refractivity contribution is 6.09. The van der Waals surface area contributed by atoms with Crippen LogP contribution in [0.3, 0.4) is 0 Å². The zero-order valence-corrected chi connectivity index (χ0v) is 15.9. The molecule has 0 saturated carbocycles. The van der Waals surface area contributed by atoms with E-state index in [0.29, 0.717) is 23.4 Å². The summed E-state index contributed by atoms with van der Waals surface area (Å²) in [4.78, 5) is 26.9. The van der Waals surface area contributed by atoms with Crippen LogP contribution < -0.4 is 15.0 Å². The molecule has 0 bridgehead atoms. The summed E-state index contributed by atoms with van der Waals surface area (Å²) in [7, 11) is 1.71. The van der Waals surface area contributed by atoms with Crippen LogP contribution in [-0.2, 0) is 0 Å². The van der Waals surface area contributed by atoms with Crippen molar-refractivity contribution in [3.8, 4) is 5.75 Å². The highest BCUT2D eigenvalue weighted by Crippen LogP contribution is 2.18. The van der Waals surface area contributed by atoms with Gasteiger partial charge in [0.15, 0.2) is 0 Å². The molecule has 0 aliphatic rings. The second-order valence-corrected chi connectivity index (χ2v) is 6.19. The molecule has 5 heteroatoms. The highest BCUT2D eigenvalue weighted by Gasteiger charge is 2.15. The number of ether oxygens (including phenoxy) is 1. The number of carbonyl (C=O) groups is 2. The Labute approximate surface area is 164 Å². The maximum Gasteiger partial charge on any atom is 0.258 e. The fourth-order valence-electron chi connectivity index (χ4n) is 2.76. The summed E-state index contributed by atoms with van der Waals surface area (Å²) in [5, 5.41) is 2.84. The van der Waals surface area contributed by atoms with Crippen molar-refractivity contribution < 1.29 is 14.3 Å². The Kier molecular flexibility index (Phi) is 6.07. The lowest BCUT2D eigenvalue weighted by atomic mass is 10.1.